The normalized spacial score (nSPS) is 10.4. The molecule has 0 atom stereocenters. The summed E-state index contributed by atoms with van der Waals surface area (Å²) in [4.78, 5) is 19.0. The molecule has 0 saturated heterocycles. The van der Waals surface area contributed by atoms with Crippen LogP contribution < -0.4 is 5.32 Å². The second-order valence-corrected chi connectivity index (χ2v) is 4.13. The monoisotopic (exact) mass is 262 g/mol. The zero-order chi connectivity index (χ0) is 13.5. The van der Waals surface area contributed by atoms with Gasteiger partial charge in [0.15, 0.2) is 0 Å². The fourth-order valence-electron chi connectivity index (χ4n) is 1.69. The number of carbonyl (C=O) groups is 1. The number of aromatic nitrogens is 3. The van der Waals surface area contributed by atoms with Crippen molar-refractivity contribution in [1.82, 2.24) is 19.9 Å². The highest BCUT2D eigenvalue weighted by Crippen LogP contribution is 2.00. The third-order valence-electron chi connectivity index (χ3n) is 2.68. The lowest BCUT2D eigenvalue weighted by Crippen LogP contribution is -2.24. The molecule has 6 heteroatoms. The largest absolute Gasteiger partial charge is 0.352 e. The maximum absolute atomic E-state index is 12.8. The van der Waals surface area contributed by atoms with Gasteiger partial charge in [-0.3, -0.25) is 4.79 Å². The Balaban J connectivity index is 1.67. The van der Waals surface area contributed by atoms with Gasteiger partial charge in [-0.05, 0) is 18.9 Å². The van der Waals surface area contributed by atoms with Crippen molar-refractivity contribution in [2.75, 3.05) is 6.54 Å². The number of hydrogen-bond acceptors (Lipinski definition) is 3. The molecule has 1 amide bonds. The van der Waals surface area contributed by atoms with Crippen LogP contribution in [-0.4, -0.2) is 27.0 Å². The molecule has 0 unspecified atom stereocenters. The zero-order valence-electron chi connectivity index (χ0n) is 10.4. The molecular weight excluding hydrogens is 247 g/mol. The summed E-state index contributed by atoms with van der Waals surface area (Å²) in [6, 6.07) is 2.62. The molecule has 0 radical (unpaired) electrons. The summed E-state index contributed by atoms with van der Waals surface area (Å²) in [6.07, 6.45) is 8.48. The molecule has 0 aliphatic carbocycles. The molecular formula is C13H15FN4O. The van der Waals surface area contributed by atoms with Crippen LogP contribution in [0.3, 0.4) is 0 Å². The van der Waals surface area contributed by atoms with E-state index in [-0.39, 0.29) is 5.91 Å². The minimum Gasteiger partial charge on any atom is -0.352 e. The van der Waals surface area contributed by atoms with Crippen LogP contribution in [0.25, 0.3) is 0 Å². The van der Waals surface area contributed by atoms with Gasteiger partial charge in [-0.15, -0.1) is 0 Å². The third kappa shape index (κ3) is 4.17. The summed E-state index contributed by atoms with van der Waals surface area (Å²) in [5, 5.41) is 2.75. The van der Waals surface area contributed by atoms with Gasteiger partial charge in [0.2, 0.25) is 5.95 Å². The average molecular weight is 262 g/mol. The number of aryl methyl sites for hydroxylation is 1. The predicted molar refractivity (Wildman–Crippen MR) is 68.0 cm³/mol. The minimum absolute atomic E-state index is 0.274. The van der Waals surface area contributed by atoms with Crippen molar-refractivity contribution in [3.05, 3.63) is 48.6 Å². The van der Waals surface area contributed by atoms with Crippen LogP contribution >= 0.6 is 0 Å². The Hall–Kier alpha value is -2.24. The summed E-state index contributed by atoms with van der Waals surface area (Å²) in [5.41, 5.74) is 0.294. The third-order valence-corrected chi connectivity index (χ3v) is 2.68. The van der Waals surface area contributed by atoms with E-state index in [0.29, 0.717) is 12.1 Å². The maximum Gasteiger partial charge on any atom is 0.251 e. The van der Waals surface area contributed by atoms with Gasteiger partial charge in [0.1, 0.15) is 0 Å². The summed E-state index contributed by atoms with van der Waals surface area (Å²) in [6.45, 7) is 1.44. The van der Waals surface area contributed by atoms with Crippen molar-refractivity contribution in [1.29, 1.82) is 0 Å². The predicted octanol–water partition coefficient (Wildman–Crippen LogP) is 1.63. The van der Waals surface area contributed by atoms with E-state index in [9.17, 15) is 9.18 Å². The molecule has 2 aromatic rings. The van der Waals surface area contributed by atoms with Crippen molar-refractivity contribution in [2.45, 2.75) is 19.4 Å². The number of pyridine rings is 1. The van der Waals surface area contributed by atoms with E-state index in [1.807, 2.05) is 10.8 Å². The number of halogens is 1. The Labute approximate surface area is 110 Å². The second kappa shape index (κ2) is 6.63. The molecule has 0 saturated carbocycles. The Kier molecular flexibility index (Phi) is 4.60. The number of imidazole rings is 1. The summed E-state index contributed by atoms with van der Waals surface area (Å²) >= 11 is 0. The number of hydrogen-bond donors (Lipinski definition) is 1. The van der Waals surface area contributed by atoms with Gasteiger partial charge in [-0.1, -0.05) is 0 Å². The summed E-state index contributed by atoms with van der Waals surface area (Å²) in [7, 11) is 0. The van der Waals surface area contributed by atoms with Crippen LogP contribution in [0, 0.1) is 5.95 Å². The van der Waals surface area contributed by atoms with Gasteiger partial charge in [-0.2, -0.15) is 4.39 Å². The number of rotatable bonds is 6. The Bertz CT molecular complexity index is 527. The first-order valence-corrected chi connectivity index (χ1v) is 6.11. The molecule has 0 bridgehead atoms. The lowest BCUT2D eigenvalue weighted by atomic mass is 10.2. The number of carbonyl (C=O) groups excluding carboxylic acids is 1. The van der Waals surface area contributed by atoms with Crippen molar-refractivity contribution in [3.8, 4) is 0 Å². The SMILES string of the molecule is O=C(NCCCCn1ccnc1)c1ccnc(F)c1. The van der Waals surface area contributed by atoms with Gasteiger partial charge >= 0.3 is 0 Å². The molecule has 0 fully saturated rings. The first kappa shape index (κ1) is 13.2. The Morgan fingerprint density at radius 1 is 1.37 bits per heavy atom. The van der Waals surface area contributed by atoms with E-state index in [1.54, 1.807) is 12.5 Å². The second-order valence-electron chi connectivity index (χ2n) is 4.13. The molecule has 0 aliphatic rings. The van der Waals surface area contributed by atoms with Crippen LogP contribution in [0.2, 0.25) is 0 Å². The van der Waals surface area contributed by atoms with Gasteiger partial charge in [-0.25, -0.2) is 9.97 Å². The highest BCUT2D eigenvalue weighted by Gasteiger charge is 2.05. The van der Waals surface area contributed by atoms with Crippen LogP contribution in [0.4, 0.5) is 4.39 Å². The lowest BCUT2D eigenvalue weighted by Gasteiger charge is -2.05. The van der Waals surface area contributed by atoms with Gasteiger partial charge < -0.3 is 9.88 Å². The number of nitrogens with one attached hydrogen (secondary N) is 1. The fraction of sp³-hybridized carbons (Fsp3) is 0.308. The van der Waals surface area contributed by atoms with Crippen LogP contribution in [0.15, 0.2) is 37.1 Å². The van der Waals surface area contributed by atoms with Gasteiger partial charge in [0.05, 0.1) is 6.33 Å². The number of unbranched alkanes of at least 4 members (excludes halogenated alkanes) is 1. The van der Waals surface area contributed by atoms with Crippen molar-refractivity contribution in [3.63, 3.8) is 0 Å². The summed E-state index contributed by atoms with van der Waals surface area (Å²) in [5.74, 6) is -0.920. The molecule has 100 valence electrons. The first-order chi connectivity index (χ1) is 9.25. The van der Waals surface area contributed by atoms with E-state index in [2.05, 4.69) is 15.3 Å². The summed E-state index contributed by atoms with van der Waals surface area (Å²) < 4.78 is 14.8. The average Bonchev–Trinajstić information content (AvgIpc) is 2.91. The molecule has 0 aromatic carbocycles. The highest BCUT2D eigenvalue weighted by atomic mass is 19.1. The van der Waals surface area contributed by atoms with Gasteiger partial charge in [0.25, 0.3) is 5.91 Å². The van der Waals surface area contributed by atoms with Crippen molar-refractivity contribution >= 4 is 5.91 Å². The quantitative estimate of drug-likeness (QED) is 0.635. The molecule has 2 aromatic heterocycles. The molecule has 5 nitrogen and oxygen atoms in total. The molecule has 0 aliphatic heterocycles. The van der Waals surface area contributed by atoms with Crippen LogP contribution in [0.5, 0.6) is 0 Å². The molecule has 1 N–H and O–H groups in total. The fourth-order valence-corrected chi connectivity index (χ4v) is 1.69. The Morgan fingerprint density at radius 3 is 3.00 bits per heavy atom. The standard InChI is InChI=1S/C13H15FN4O/c14-12-9-11(3-5-16-12)13(19)17-4-1-2-7-18-8-6-15-10-18/h3,5-6,8-10H,1-2,4,7H2,(H,17,19). The topological polar surface area (TPSA) is 59.8 Å². The van der Waals surface area contributed by atoms with Crippen LogP contribution in [0.1, 0.15) is 23.2 Å². The van der Waals surface area contributed by atoms with E-state index in [1.165, 1.54) is 12.3 Å². The maximum atomic E-state index is 12.8. The zero-order valence-corrected chi connectivity index (χ0v) is 10.4. The lowest BCUT2D eigenvalue weighted by molar-refractivity contribution is 0.0952. The highest BCUT2D eigenvalue weighted by molar-refractivity contribution is 5.93. The first-order valence-electron chi connectivity index (χ1n) is 6.11. The van der Waals surface area contributed by atoms with Crippen molar-refractivity contribution in [2.24, 2.45) is 0 Å². The number of nitrogens with zero attached hydrogens (tertiary/aromatic N) is 3. The Morgan fingerprint density at radius 2 is 2.26 bits per heavy atom. The van der Waals surface area contributed by atoms with E-state index in [0.717, 1.165) is 25.5 Å². The molecule has 19 heavy (non-hydrogen) atoms. The van der Waals surface area contributed by atoms with E-state index in [4.69, 9.17) is 0 Å². The van der Waals surface area contributed by atoms with Crippen LogP contribution in [-0.2, 0) is 6.54 Å². The molecule has 0 spiro atoms. The minimum atomic E-state index is -0.646. The van der Waals surface area contributed by atoms with Crippen molar-refractivity contribution < 1.29 is 9.18 Å². The van der Waals surface area contributed by atoms with E-state index < -0.39 is 5.95 Å². The number of amides is 1. The molecule has 2 rings (SSSR count). The smallest absolute Gasteiger partial charge is 0.251 e. The molecule has 2 heterocycles. The van der Waals surface area contributed by atoms with E-state index >= 15 is 0 Å². The van der Waals surface area contributed by atoms with Gasteiger partial charge in [0, 0.05) is 43.3 Å².